The first-order chi connectivity index (χ1) is 11.6. The molecule has 124 valence electrons. The van der Waals surface area contributed by atoms with Gasteiger partial charge in [0, 0.05) is 39.3 Å². The van der Waals surface area contributed by atoms with Gasteiger partial charge in [-0.05, 0) is 11.4 Å². The van der Waals surface area contributed by atoms with Crippen LogP contribution in [0.1, 0.15) is 0 Å². The summed E-state index contributed by atoms with van der Waals surface area (Å²) in [4.78, 5) is 39.3. The highest BCUT2D eigenvalue weighted by Crippen LogP contribution is 2.28. The number of hydrogen-bond donors (Lipinski definition) is 1. The van der Waals surface area contributed by atoms with E-state index in [1.54, 1.807) is 17.7 Å². The molecule has 0 unspecified atom stereocenters. The van der Waals surface area contributed by atoms with Crippen molar-refractivity contribution >= 4 is 33.2 Å². The van der Waals surface area contributed by atoms with Crippen molar-refractivity contribution in [1.82, 2.24) is 19.5 Å². The second-order valence-corrected chi connectivity index (χ2v) is 6.58. The number of rotatable bonds is 2. The molecule has 0 bridgehead atoms. The van der Waals surface area contributed by atoms with Crippen LogP contribution >= 0.6 is 11.3 Å². The maximum absolute atomic E-state index is 11.8. The molecule has 1 aliphatic rings. The Labute approximate surface area is 141 Å². The number of anilines is 2. The molecule has 1 aliphatic heterocycles. The Morgan fingerprint density at radius 2 is 1.88 bits per heavy atom. The molecule has 1 N–H and O–H groups in total. The maximum Gasteiger partial charge on any atom is 0.329 e. The fraction of sp³-hybridized carbons (Fsp3) is 0.333. The normalized spacial score (nSPS) is 15.2. The Bertz CT molecular complexity index is 968. The smallest absolute Gasteiger partial charge is 0.329 e. The third-order valence-corrected chi connectivity index (χ3v) is 5.17. The second-order valence-electron chi connectivity index (χ2n) is 5.66. The zero-order chi connectivity index (χ0) is 16.7. The lowest BCUT2D eigenvalue weighted by molar-refractivity contribution is 0.636. The van der Waals surface area contributed by atoms with Crippen molar-refractivity contribution in [1.29, 1.82) is 0 Å². The number of aromatic amines is 1. The largest absolute Gasteiger partial charge is 0.354 e. The minimum atomic E-state index is -0.393. The Morgan fingerprint density at radius 1 is 1.12 bits per heavy atom. The van der Waals surface area contributed by atoms with Crippen LogP contribution in [0.5, 0.6) is 0 Å². The summed E-state index contributed by atoms with van der Waals surface area (Å²) in [5.74, 6) is 1.53. The fourth-order valence-electron chi connectivity index (χ4n) is 2.87. The van der Waals surface area contributed by atoms with Crippen molar-refractivity contribution < 1.29 is 0 Å². The van der Waals surface area contributed by atoms with Crippen LogP contribution in [-0.2, 0) is 7.05 Å². The second kappa shape index (κ2) is 5.75. The van der Waals surface area contributed by atoms with Gasteiger partial charge in [-0.2, -0.15) is 0 Å². The van der Waals surface area contributed by atoms with Crippen LogP contribution in [-0.4, -0.2) is 45.7 Å². The van der Waals surface area contributed by atoms with E-state index in [0.29, 0.717) is 18.9 Å². The minimum Gasteiger partial charge on any atom is -0.354 e. The highest BCUT2D eigenvalue weighted by atomic mass is 32.1. The average molecular weight is 344 g/mol. The van der Waals surface area contributed by atoms with E-state index in [1.807, 2.05) is 16.3 Å². The van der Waals surface area contributed by atoms with Crippen molar-refractivity contribution in [3.05, 3.63) is 44.7 Å². The Balaban J connectivity index is 1.56. The lowest BCUT2D eigenvalue weighted by Gasteiger charge is -2.36. The molecule has 0 amide bonds. The lowest BCUT2D eigenvalue weighted by atomic mass is 10.3. The number of nitrogens with zero attached hydrogens (tertiary/aromatic N) is 5. The zero-order valence-electron chi connectivity index (χ0n) is 13.1. The molecule has 0 radical (unpaired) electrons. The maximum atomic E-state index is 11.8. The molecule has 1 saturated heterocycles. The first-order valence-corrected chi connectivity index (χ1v) is 8.50. The van der Waals surface area contributed by atoms with Crippen LogP contribution in [0.2, 0.25) is 0 Å². The Morgan fingerprint density at radius 3 is 2.62 bits per heavy atom. The standard InChI is InChI=1S/C15H16N6O2S/c1-19-12(22)8-11(18-15(19)23)20-3-5-21(6-4-20)14-13-10(2-7-24-13)16-9-17-14/h2,7-9H,3-6H2,1H3,(H,18,23). The fourth-order valence-corrected chi connectivity index (χ4v) is 3.74. The molecular weight excluding hydrogens is 328 g/mol. The molecule has 4 heterocycles. The van der Waals surface area contributed by atoms with Crippen molar-refractivity contribution in [2.24, 2.45) is 7.05 Å². The van der Waals surface area contributed by atoms with Crippen LogP contribution < -0.4 is 21.0 Å². The van der Waals surface area contributed by atoms with Gasteiger partial charge in [0.05, 0.1) is 10.2 Å². The molecule has 8 nitrogen and oxygen atoms in total. The van der Waals surface area contributed by atoms with Gasteiger partial charge in [0.25, 0.3) is 5.56 Å². The van der Waals surface area contributed by atoms with Gasteiger partial charge >= 0.3 is 5.69 Å². The first kappa shape index (κ1) is 14.9. The molecule has 3 aromatic heterocycles. The van der Waals surface area contributed by atoms with Gasteiger partial charge in [-0.1, -0.05) is 0 Å². The summed E-state index contributed by atoms with van der Waals surface area (Å²) < 4.78 is 2.15. The zero-order valence-corrected chi connectivity index (χ0v) is 13.9. The summed E-state index contributed by atoms with van der Waals surface area (Å²) in [6.07, 6.45) is 1.59. The minimum absolute atomic E-state index is 0.299. The quantitative estimate of drug-likeness (QED) is 0.724. The molecular formula is C15H16N6O2S. The van der Waals surface area contributed by atoms with Gasteiger partial charge < -0.3 is 9.80 Å². The van der Waals surface area contributed by atoms with Crippen molar-refractivity contribution in [2.45, 2.75) is 0 Å². The van der Waals surface area contributed by atoms with E-state index in [4.69, 9.17) is 0 Å². The number of hydrogen-bond acceptors (Lipinski definition) is 7. The summed E-state index contributed by atoms with van der Waals surface area (Å²) in [6, 6.07) is 3.46. The molecule has 9 heteroatoms. The van der Waals surface area contributed by atoms with Crippen LogP contribution in [0.3, 0.4) is 0 Å². The Hall–Kier alpha value is -2.68. The van der Waals surface area contributed by atoms with E-state index < -0.39 is 5.69 Å². The summed E-state index contributed by atoms with van der Waals surface area (Å²) in [7, 11) is 1.46. The topological polar surface area (TPSA) is 87.1 Å². The summed E-state index contributed by atoms with van der Waals surface area (Å²) >= 11 is 1.64. The van der Waals surface area contributed by atoms with E-state index in [0.717, 1.165) is 33.7 Å². The number of thiophene rings is 1. The number of nitrogens with one attached hydrogen (secondary N) is 1. The predicted molar refractivity (Wildman–Crippen MR) is 94.1 cm³/mol. The van der Waals surface area contributed by atoms with Gasteiger partial charge in [0.1, 0.15) is 18.0 Å². The third kappa shape index (κ3) is 2.46. The number of fused-ring (bicyclic) bond motifs is 1. The first-order valence-electron chi connectivity index (χ1n) is 7.62. The van der Waals surface area contributed by atoms with E-state index in [-0.39, 0.29) is 5.56 Å². The number of H-pyrrole nitrogens is 1. The number of piperazine rings is 1. The molecule has 0 spiro atoms. The average Bonchev–Trinajstić information content (AvgIpc) is 3.08. The highest BCUT2D eigenvalue weighted by molar-refractivity contribution is 7.17. The molecule has 0 aromatic carbocycles. The van der Waals surface area contributed by atoms with Crippen LogP contribution in [0.4, 0.5) is 11.6 Å². The summed E-state index contributed by atoms with van der Waals surface area (Å²) in [5.41, 5.74) is 0.270. The Kier molecular flexibility index (Phi) is 3.57. The van der Waals surface area contributed by atoms with E-state index >= 15 is 0 Å². The van der Waals surface area contributed by atoms with Gasteiger partial charge in [-0.25, -0.2) is 14.8 Å². The van der Waals surface area contributed by atoms with E-state index in [2.05, 4.69) is 19.9 Å². The highest BCUT2D eigenvalue weighted by Gasteiger charge is 2.21. The van der Waals surface area contributed by atoms with E-state index in [9.17, 15) is 9.59 Å². The molecule has 0 aliphatic carbocycles. The van der Waals surface area contributed by atoms with Crippen LogP contribution in [0.25, 0.3) is 10.2 Å². The van der Waals surface area contributed by atoms with Crippen molar-refractivity contribution in [2.75, 3.05) is 36.0 Å². The van der Waals surface area contributed by atoms with Gasteiger partial charge in [0.15, 0.2) is 0 Å². The lowest BCUT2D eigenvalue weighted by Crippen LogP contribution is -2.48. The van der Waals surface area contributed by atoms with Crippen molar-refractivity contribution in [3.8, 4) is 0 Å². The third-order valence-electron chi connectivity index (χ3n) is 4.27. The summed E-state index contributed by atoms with van der Waals surface area (Å²) in [5, 5.41) is 2.02. The molecule has 1 fully saturated rings. The predicted octanol–water partition coefficient (Wildman–Crippen LogP) is 0.405. The summed E-state index contributed by atoms with van der Waals surface area (Å²) in [6.45, 7) is 2.95. The monoisotopic (exact) mass is 344 g/mol. The van der Waals surface area contributed by atoms with Gasteiger partial charge in [-0.15, -0.1) is 11.3 Å². The number of aromatic nitrogens is 4. The van der Waals surface area contributed by atoms with Gasteiger partial charge in [0.2, 0.25) is 0 Å². The van der Waals surface area contributed by atoms with Gasteiger partial charge in [-0.3, -0.25) is 14.3 Å². The van der Waals surface area contributed by atoms with E-state index in [1.165, 1.54) is 13.1 Å². The van der Waals surface area contributed by atoms with Crippen LogP contribution in [0, 0.1) is 0 Å². The molecule has 24 heavy (non-hydrogen) atoms. The molecule has 3 aromatic rings. The van der Waals surface area contributed by atoms with Crippen LogP contribution in [0.15, 0.2) is 33.4 Å². The molecule has 4 rings (SSSR count). The van der Waals surface area contributed by atoms with Crippen molar-refractivity contribution in [3.63, 3.8) is 0 Å². The SMILES string of the molecule is Cn1c(=O)cc(N2CCN(c3ncnc4ccsc34)CC2)[nH]c1=O. The molecule has 0 atom stereocenters. The molecule has 0 saturated carbocycles.